The van der Waals surface area contributed by atoms with Gasteiger partial charge in [0.1, 0.15) is 18.6 Å². The zero-order valence-corrected chi connectivity index (χ0v) is 12.3. The van der Waals surface area contributed by atoms with E-state index in [2.05, 4.69) is 4.90 Å². The average molecular weight is 283 g/mol. The lowest BCUT2D eigenvalue weighted by molar-refractivity contribution is 0.112. The SMILES string of the molecule is O=Cc1ccc2cc(OCCN3CCCCC3)ccc2c1. The van der Waals surface area contributed by atoms with Crippen LogP contribution in [0.2, 0.25) is 0 Å². The number of nitrogens with zero attached hydrogens (tertiary/aromatic N) is 1. The summed E-state index contributed by atoms with van der Waals surface area (Å²) in [4.78, 5) is 13.3. The molecule has 0 saturated carbocycles. The third-order valence-electron chi connectivity index (χ3n) is 4.10. The molecule has 110 valence electrons. The van der Waals surface area contributed by atoms with Gasteiger partial charge in [-0.1, -0.05) is 24.6 Å². The van der Waals surface area contributed by atoms with Crippen LogP contribution in [0.4, 0.5) is 0 Å². The van der Waals surface area contributed by atoms with Crippen molar-refractivity contribution < 1.29 is 9.53 Å². The highest BCUT2D eigenvalue weighted by Gasteiger charge is 2.09. The highest BCUT2D eigenvalue weighted by Crippen LogP contribution is 2.21. The van der Waals surface area contributed by atoms with E-state index in [1.165, 1.54) is 32.4 Å². The van der Waals surface area contributed by atoms with Crippen LogP contribution in [0.25, 0.3) is 10.8 Å². The normalized spacial score (nSPS) is 16.0. The van der Waals surface area contributed by atoms with Crippen LogP contribution in [0, 0.1) is 0 Å². The van der Waals surface area contributed by atoms with E-state index in [0.717, 1.165) is 36.0 Å². The minimum Gasteiger partial charge on any atom is -0.492 e. The molecule has 1 aliphatic rings. The van der Waals surface area contributed by atoms with Crippen LogP contribution in [-0.2, 0) is 0 Å². The van der Waals surface area contributed by atoms with E-state index < -0.39 is 0 Å². The summed E-state index contributed by atoms with van der Waals surface area (Å²) in [5, 5.41) is 2.18. The van der Waals surface area contributed by atoms with Crippen molar-refractivity contribution in [1.82, 2.24) is 4.90 Å². The summed E-state index contributed by atoms with van der Waals surface area (Å²) in [6.07, 6.45) is 4.87. The Morgan fingerprint density at radius 1 is 1.00 bits per heavy atom. The second kappa shape index (κ2) is 6.72. The lowest BCUT2D eigenvalue weighted by Gasteiger charge is -2.26. The van der Waals surface area contributed by atoms with Gasteiger partial charge in [-0.15, -0.1) is 0 Å². The number of carbonyl (C=O) groups is 1. The first-order valence-electron chi connectivity index (χ1n) is 7.69. The summed E-state index contributed by atoms with van der Waals surface area (Å²) in [5.41, 5.74) is 0.710. The number of carbonyl (C=O) groups excluding carboxylic acids is 1. The molecule has 21 heavy (non-hydrogen) atoms. The number of rotatable bonds is 5. The van der Waals surface area contributed by atoms with Gasteiger partial charge in [0.2, 0.25) is 0 Å². The van der Waals surface area contributed by atoms with Gasteiger partial charge in [-0.05, 0) is 54.9 Å². The van der Waals surface area contributed by atoms with Crippen molar-refractivity contribution in [2.75, 3.05) is 26.2 Å². The minimum absolute atomic E-state index is 0.710. The van der Waals surface area contributed by atoms with Crippen LogP contribution in [0.1, 0.15) is 29.6 Å². The van der Waals surface area contributed by atoms with E-state index >= 15 is 0 Å². The number of aldehydes is 1. The Morgan fingerprint density at radius 3 is 2.57 bits per heavy atom. The van der Waals surface area contributed by atoms with Gasteiger partial charge in [0.05, 0.1) is 0 Å². The number of fused-ring (bicyclic) bond motifs is 1. The van der Waals surface area contributed by atoms with Crippen LogP contribution in [0.3, 0.4) is 0 Å². The number of hydrogen-bond donors (Lipinski definition) is 0. The van der Waals surface area contributed by atoms with Crippen molar-refractivity contribution in [3.63, 3.8) is 0 Å². The van der Waals surface area contributed by atoms with Gasteiger partial charge < -0.3 is 4.74 Å². The molecule has 3 nitrogen and oxygen atoms in total. The van der Waals surface area contributed by atoms with Gasteiger partial charge in [-0.3, -0.25) is 9.69 Å². The standard InChI is InChI=1S/C18H21NO2/c20-14-15-4-5-17-13-18(7-6-16(17)12-15)21-11-10-19-8-2-1-3-9-19/h4-7,12-14H,1-3,8-11H2. The van der Waals surface area contributed by atoms with Crippen molar-refractivity contribution in [3.05, 3.63) is 42.0 Å². The van der Waals surface area contributed by atoms with Crippen LogP contribution in [-0.4, -0.2) is 37.4 Å². The van der Waals surface area contributed by atoms with Gasteiger partial charge >= 0.3 is 0 Å². The molecule has 0 amide bonds. The molecule has 3 rings (SSSR count). The van der Waals surface area contributed by atoms with E-state index in [1.54, 1.807) is 0 Å². The Kier molecular flexibility index (Phi) is 4.51. The molecule has 0 radical (unpaired) electrons. The first kappa shape index (κ1) is 14.1. The summed E-state index contributed by atoms with van der Waals surface area (Å²) in [7, 11) is 0. The summed E-state index contributed by atoms with van der Waals surface area (Å²) in [5.74, 6) is 0.901. The van der Waals surface area contributed by atoms with Crippen molar-refractivity contribution in [3.8, 4) is 5.75 Å². The molecule has 2 aromatic carbocycles. The van der Waals surface area contributed by atoms with Crippen molar-refractivity contribution in [2.45, 2.75) is 19.3 Å². The van der Waals surface area contributed by atoms with E-state index in [1.807, 2.05) is 36.4 Å². The minimum atomic E-state index is 0.710. The molecular weight excluding hydrogens is 262 g/mol. The molecule has 0 aliphatic carbocycles. The molecule has 0 atom stereocenters. The lowest BCUT2D eigenvalue weighted by atomic mass is 10.1. The third kappa shape index (κ3) is 3.61. The average Bonchev–Trinajstić information content (AvgIpc) is 2.55. The largest absolute Gasteiger partial charge is 0.492 e. The quantitative estimate of drug-likeness (QED) is 0.786. The number of piperidine rings is 1. The predicted octanol–water partition coefficient (Wildman–Crippen LogP) is 3.52. The topological polar surface area (TPSA) is 29.5 Å². The second-order valence-electron chi connectivity index (χ2n) is 5.64. The Morgan fingerprint density at radius 2 is 1.76 bits per heavy atom. The van der Waals surface area contributed by atoms with Gasteiger partial charge in [-0.25, -0.2) is 0 Å². The monoisotopic (exact) mass is 283 g/mol. The molecule has 1 fully saturated rings. The third-order valence-corrected chi connectivity index (χ3v) is 4.10. The lowest BCUT2D eigenvalue weighted by Crippen LogP contribution is -2.33. The van der Waals surface area contributed by atoms with Crippen molar-refractivity contribution in [1.29, 1.82) is 0 Å². The molecule has 1 heterocycles. The highest BCUT2D eigenvalue weighted by atomic mass is 16.5. The Bertz CT molecular complexity index is 618. The summed E-state index contributed by atoms with van der Waals surface area (Å²) in [6.45, 7) is 4.14. The molecule has 3 heteroatoms. The molecule has 1 aliphatic heterocycles. The van der Waals surface area contributed by atoms with Gasteiger partial charge in [0.25, 0.3) is 0 Å². The predicted molar refractivity (Wildman–Crippen MR) is 85.1 cm³/mol. The Balaban J connectivity index is 1.60. The number of likely N-dealkylation sites (tertiary alicyclic amines) is 1. The summed E-state index contributed by atoms with van der Waals surface area (Å²) >= 11 is 0. The maximum absolute atomic E-state index is 10.8. The Labute approximate surface area is 125 Å². The zero-order valence-electron chi connectivity index (χ0n) is 12.3. The number of hydrogen-bond acceptors (Lipinski definition) is 3. The molecule has 0 spiro atoms. The van der Waals surface area contributed by atoms with E-state index in [4.69, 9.17) is 4.74 Å². The summed E-state index contributed by atoms with van der Waals surface area (Å²) < 4.78 is 5.86. The smallest absolute Gasteiger partial charge is 0.150 e. The molecule has 0 bridgehead atoms. The Hall–Kier alpha value is -1.87. The first-order valence-corrected chi connectivity index (χ1v) is 7.69. The number of ether oxygens (including phenoxy) is 1. The molecular formula is C18H21NO2. The van der Waals surface area contributed by atoms with Crippen LogP contribution >= 0.6 is 0 Å². The number of benzene rings is 2. The van der Waals surface area contributed by atoms with Crippen LogP contribution in [0.5, 0.6) is 5.75 Å². The second-order valence-corrected chi connectivity index (χ2v) is 5.64. The maximum Gasteiger partial charge on any atom is 0.150 e. The highest BCUT2D eigenvalue weighted by molar-refractivity contribution is 5.89. The first-order chi connectivity index (χ1) is 10.3. The molecule has 2 aromatic rings. The zero-order chi connectivity index (χ0) is 14.5. The fourth-order valence-corrected chi connectivity index (χ4v) is 2.88. The fraction of sp³-hybridized carbons (Fsp3) is 0.389. The van der Waals surface area contributed by atoms with Crippen molar-refractivity contribution in [2.24, 2.45) is 0 Å². The molecule has 1 saturated heterocycles. The molecule has 0 N–H and O–H groups in total. The van der Waals surface area contributed by atoms with Crippen LogP contribution < -0.4 is 4.74 Å². The van der Waals surface area contributed by atoms with E-state index in [-0.39, 0.29) is 0 Å². The summed E-state index contributed by atoms with van der Waals surface area (Å²) in [6, 6.07) is 11.7. The van der Waals surface area contributed by atoms with Crippen molar-refractivity contribution >= 4 is 17.1 Å². The molecule has 0 unspecified atom stereocenters. The van der Waals surface area contributed by atoms with E-state index in [9.17, 15) is 4.79 Å². The van der Waals surface area contributed by atoms with Crippen LogP contribution in [0.15, 0.2) is 36.4 Å². The van der Waals surface area contributed by atoms with Gasteiger partial charge in [-0.2, -0.15) is 0 Å². The van der Waals surface area contributed by atoms with Gasteiger partial charge in [0, 0.05) is 12.1 Å². The van der Waals surface area contributed by atoms with E-state index in [0.29, 0.717) is 5.56 Å². The molecule has 0 aromatic heterocycles. The fourth-order valence-electron chi connectivity index (χ4n) is 2.88. The van der Waals surface area contributed by atoms with Gasteiger partial charge in [0.15, 0.2) is 0 Å². The maximum atomic E-state index is 10.8.